The Kier molecular flexibility index (Phi) is 9.83. The van der Waals surface area contributed by atoms with Crippen molar-refractivity contribution in [3.05, 3.63) is 123 Å². The van der Waals surface area contributed by atoms with Crippen LogP contribution in [0.15, 0.2) is 72.8 Å². The molecule has 240 valence electrons. The lowest BCUT2D eigenvalue weighted by Gasteiger charge is -2.24. The lowest BCUT2D eigenvalue weighted by Crippen LogP contribution is -2.25. The van der Waals surface area contributed by atoms with Crippen LogP contribution in [0.4, 0.5) is 17.6 Å². The van der Waals surface area contributed by atoms with Crippen molar-refractivity contribution in [2.24, 2.45) is 11.8 Å². The normalized spacial score (nSPS) is 15.3. The zero-order valence-electron chi connectivity index (χ0n) is 26.6. The van der Waals surface area contributed by atoms with E-state index in [1.54, 1.807) is 45.0 Å². The van der Waals surface area contributed by atoms with Crippen molar-refractivity contribution in [2.75, 3.05) is 6.54 Å². The van der Waals surface area contributed by atoms with E-state index in [4.69, 9.17) is 0 Å². The number of nitrogens with zero attached hydrogens (tertiary/aromatic N) is 2. The number of hydrogen-bond acceptors (Lipinski definition) is 3. The molecule has 0 bridgehead atoms. The molecule has 1 aliphatic carbocycles. The number of carbonyl (C=O) groups is 1. The Labute approximate surface area is 268 Å². The Balaban J connectivity index is 1.55. The number of nitrogens with one attached hydrogen (secondary N) is 1. The van der Waals surface area contributed by atoms with Crippen LogP contribution in [0.25, 0.3) is 5.69 Å². The maximum absolute atomic E-state index is 15.5. The Hall–Kier alpha value is -4.22. The molecule has 4 aromatic rings. The van der Waals surface area contributed by atoms with Gasteiger partial charge in [-0.15, -0.1) is 0 Å². The van der Waals surface area contributed by atoms with Crippen molar-refractivity contribution < 1.29 is 22.4 Å². The molecule has 4 nitrogen and oxygen atoms in total. The highest BCUT2D eigenvalue weighted by Gasteiger charge is 2.39. The molecule has 0 saturated heterocycles. The molecule has 8 heteroatoms. The number of hydrogen-bond donors (Lipinski definition) is 1. The summed E-state index contributed by atoms with van der Waals surface area (Å²) in [5, 5.41) is 13.4. The van der Waals surface area contributed by atoms with Gasteiger partial charge in [0.2, 0.25) is 0 Å². The van der Waals surface area contributed by atoms with E-state index in [-0.39, 0.29) is 23.9 Å². The minimum Gasteiger partial charge on any atom is -0.310 e. The largest absolute Gasteiger partial charge is 0.418 e. The molecule has 1 aliphatic rings. The molecule has 1 fully saturated rings. The summed E-state index contributed by atoms with van der Waals surface area (Å²) in [4.78, 5) is 14.2. The molecule has 0 spiro atoms. The minimum atomic E-state index is -4.69. The number of aromatic nitrogens is 1. The second kappa shape index (κ2) is 13.6. The van der Waals surface area contributed by atoms with Crippen LogP contribution in [0.2, 0.25) is 0 Å². The predicted molar refractivity (Wildman–Crippen MR) is 172 cm³/mol. The van der Waals surface area contributed by atoms with Gasteiger partial charge in [0.1, 0.15) is 5.82 Å². The first kappa shape index (κ1) is 33.2. The topological polar surface area (TPSA) is 57.8 Å². The monoisotopic (exact) mass is 629 g/mol. The molecule has 0 radical (unpaired) electrons. The zero-order chi connectivity index (χ0) is 33.2. The van der Waals surface area contributed by atoms with Crippen LogP contribution in [0.5, 0.6) is 0 Å². The summed E-state index contributed by atoms with van der Waals surface area (Å²) in [6.45, 7) is 7.71. The van der Waals surface area contributed by atoms with Crippen LogP contribution >= 0.6 is 0 Å². The molecule has 0 amide bonds. The summed E-state index contributed by atoms with van der Waals surface area (Å²) in [6, 6.07) is 22.6. The van der Waals surface area contributed by atoms with E-state index in [1.807, 2.05) is 37.3 Å². The second-order valence-electron chi connectivity index (χ2n) is 12.3. The van der Waals surface area contributed by atoms with E-state index < -0.39 is 35.2 Å². The predicted octanol–water partition coefficient (Wildman–Crippen LogP) is 9.34. The molecule has 1 aromatic heterocycles. The van der Waals surface area contributed by atoms with E-state index >= 15 is 4.39 Å². The fourth-order valence-electron chi connectivity index (χ4n) is 6.24. The molecule has 3 unspecified atom stereocenters. The molecular formula is C38H39F4N3O. The Bertz CT molecular complexity index is 1750. The number of aryl methyl sites for hydroxylation is 1. The van der Waals surface area contributed by atoms with Crippen LogP contribution in [-0.4, -0.2) is 16.9 Å². The highest BCUT2D eigenvalue weighted by atomic mass is 19.4. The van der Waals surface area contributed by atoms with Gasteiger partial charge in [-0.05, 0) is 90.6 Å². The fraction of sp³-hybridized carbons (Fsp3) is 0.368. The first-order chi connectivity index (χ1) is 22.0. The lowest BCUT2D eigenvalue weighted by atomic mass is 9.83. The molecule has 1 N–H and O–H groups in total. The van der Waals surface area contributed by atoms with Crippen molar-refractivity contribution in [3.63, 3.8) is 0 Å². The minimum absolute atomic E-state index is 0.00881. The zero-order valence-corrected chi connectivity index (χ0v) is 26.6. The van der Waals surface area contributed by atoms with Crippen molar-refractivity contribution in [1.82, 2.24) is 9.88 Å². The molecule has 3 atom stereocenters. The average molecular weight is 630 g/mol. The van der Waals surface area contributed by atoms with Gasteiger partial charge in [0.15, 0.2) is 5.78 Å². The highest BCUT2D eigenvalue weighted by Crippen LogP contribution is 2.39. The summed E-state index contributed by atoms with van der Waals surface area (Å²) in [5.41, 5.74) is 2.53. The van der Waals surface area contributed by atoms with E-state index in [9.17, 15) is 23.2 Å². The van der Waals surface area contributed by atoms with Gasteiger partial charge >= 0.3 is 6.18 Å². The number of halogens is 4. The number of nitriles is 1. The number of benzene rings is 3. The smallest absolute Gasteiger partial charge is 0.310 e. The Morgan fingerprint density at radius 1 is 0.978 bits per heavy atom. The number of ketones is 1. The van der Waals surface area contributed by atoms with Crippen molar-refractivity contribution in [3.8, 4) is 11.8 Å². The van der Waals surface area contributed by atoms with Gasteiger partial charge in [0.05, 0.1) is 28.9 Å². The third kappa shape index (κ3) is 6.80. The Morgan fingerprint density at radius 3 is 2.30 bits per heavy atom. The third-order valence-electron chi connectivity index (χ3n) is 9.30. The molecule has 0 aliphatic heterocycles. The van der Waals surface area contributed by atoms with E-state index in [0.717, 1.165) is 29.3 Å². The van der Waals surface area contributed by atoms with Gasteiger partial charge in [-0.3, -0.25) is 4.79 Å². The molecule has 3 aromatic carbocycles. The maximum atomic E-state index is 15.5. The molecule has 1 heterocycles. The molecular weight excluding hydrogens is 590 g/mol. The van der Waals surface area contributed by atoms with Crippen molar-refractivity contribution in [1.29, 1.82) is 5.26 Å². The van der Waals surface area contributed by atoms with E-state index in [2.05, 4.69) is 11.4 Å². The summed E-state index contributed by atoms with van der Waals surface area (Å²) in [6.07, 6.45) is -1.75. The summed E-state index contributed by atoms with van der Waals surface area (Å²) in [5.74, 6) is -1.89. The SMILES string of the molecule is CCc1ccc(-n2c(C(=O)C(C)C(C)c3cc(C(NCC4CC4)c4ccccc4)ccc3F)cc(C(F)(F)F)c2CC)cc1C#N. The standard InChI is InChI=1S/C38H39F4N3O/c1-5-26-14-16-30(18-29(26)21-43)45-34(6-2)32(38(40,41)42)20-35(45)37(46)24(4)23(3)31-19-28(15-17-33(31)39)36(44-22-25-12-13-25)27-10-8-7-9-11-27/h7-11,14-20,23-25,36,44H,5-6,12-13,22H2,1-4H3. The van der Waals surface area contributed by atoms with Gasteiger partial charge in [-0.1, -0.05) is 76.2 Å². The molecule has 1 saturated carbocycles. The first-order valence-electron chi connectivity index (χ1n) is 15.9. The number of rotatable bonds is 12. The van der Waals surface area contributed by atoms with Gasteiger partial charge in [-0.25, -0.2) is 4.39 Å². The number of Topliss-reactive ketones (excluding diaryl/α,β-unsaturated/α-hetero) is 1. The van der Waals surface area contributed by atoms with Crippen LogP contribution < -0.4 is 5.32 Å². The summed E-state index contributed by atoms with van der Waals surface area (Å²) in [7, 11) is 0. The van der Waals surface area contributed by atoms with Gasteiger partial charge in [0.25, 0.3) is 0 Å². The first-order valence-corrected chi connectivity index (χ1v) is 15.9. The lowest BCUT2D eigenvalue weighted by molar-refractivity contribution is -0.138. The highest BCUT2D eigenvalue weighted by molar-refractivity contribution is 5.98. The fourth-order valence-corrected chi connectivity index (χ4v) is 6.24. The Morgan fingerprint density at radius 2 is 1.70 bits per heavy atom. The van der Waals surface area contributed by atoms with Gasteiger partial charge in [0, 0.05) is 17.3 Å². The van der Waals surface area contributed by atoms with E-state index in [1.165, 1.54) is 29.5 Å². The quantitative estimate of drug-likeness (QED) is 0.126. The second-order valence-corrected chi connectivity index (χ2v) is 12.3. The summed E-state index contributed by atoms with van der Waals surface area (Å²) >= 11 is 0. The van der Waals surface area contributed by atoms with Crippen molar-refractivity contribution in [2.45, 2.75) is 71.5 Å². The van der Waals surface area contributed by atoms with Gasteiger partial charge < -0.3 is 9.88 Å². The van der Waals surface area contributed by atoms with Crippen LogP contribution in [0, 0.1) is 29.0 Å². The molecule has 5 rings (SSSR count). The van der Waals surface area contributed by atoms with Crippen molar-refractivity contribution >= 4 is 5.78 Å². The number of alkyl halides is 3. The summed E-state index contributed by atoms with van der Waals surface area (Å²) < 4.78 is 59.7. The van der Waals surface area contributed by atoms with E-state index in [0.29, 0.717) is 29.2 Å². The average Bonchev–Trinajstić information content (AvgIpc) is 3.80. The van der Waals surface area contributed by atoms with Crippen LogP contribution in [-0.2, 0) is 19.0 Å². The maximum Gasteiger partial charge on any atom is 0.418 e. The van der Waals surface area contributed by atoms with Gasteiger partial charge in [-0.2, -0.15) is 18.4 Å². The molecule has 46 heavy (non-hydrogen) atoms. The number of carbonyl (C=O) groups excluding carboxylic acids is 1. The third-order valence-corrected chi connectivity index (χ3v) is 9.30. The van der Waals surface area contributed by atoms with Crippen LogP contribution in [0.1, 0.15) is 102 Å². The van der Waals surface area contributed by atoms with Crippen LogP contribution in [0.3, 0.4) is 0 Å².